The Morgan fingerprint density at radius 1 is 1.50 bits per heavy atom. The van der Waals surface area contributed by atoms with E-state index in [4.69, 9.17) is 9.26 Å². The number of anilines is 1. The Morgan fingerprint density at radius 2 is 2.20 bits per heavy atom. The largest absolute Gasteiger partial charge is 0.480 e. The van der Waals surface area contributed by atoms with Crippen molar-refractivity contribution in [2.75, 3.05) is 18.5 Å². The van der Waals surface area contributed by atoms with Crippen LogP contribution in [0.3, 0.4) is 0 Å². The topological polar surface area (TPSA) is 97.5 Å². The summed E-state index contributed by atoms with van der Waals surface area (Å²) in [5.41, 5.74) is 0. The number of rotatable bonds is 6. The van der Waals surface area contributed by atoms with E-state index in [-0.39, 0.29) is 17.9 Å². The van der Waals surface area contributed by atoms with Crippen molar-refractivity contribution in [2.45, 2.75) is 45.1 Å². The lowest BCUT2D eigenvalue weighted by atomic mass is 9.99. The van der Waals surface area contributed by atoms with Gasteiger partial charge in [0.2, 0.25) is 0 Å². The van der Waals surface area contributed by atoms with E-state index in [1.54, 1.807) is 0 Å². The molecule has 1 aromatic rings. The van der Waals surface area contributed by atoms with Gasteiger partial charge in [-0.25, -0.2) is 4.79 Å². The third-order valence-corrected chi connectivity index (χ3v) is 3.79. The summed E-state index contributed by atoms with van der Waals surface area (Å²) in [4.78, 5) is 15.5. The first-order valence-corrected chi connectivity index (χ1v) is 7.02. The molecule has 0 aromatic carbocycles. The van der Waals surface area contributed by atoms with E-state index >= 15 is 0 Å². The lowest BCUT2D eigenvalue weighted by Gasteiger charge is -2.19. The van der Waals surface area contributed by atoms with Crippen LogP contribution in [0.4, 0.5) is 6.01 Å². The number of hydrogen-bond acceptors (Lipinski definition) is 6. The van der Waals surface area contributed by atoms with Crippen LogP contribution in [-0.2, 0) is 9.53 Å². The molecule has 112 valence electrons. The van der Waals surface area contributed by atoms with Crippen LogP contribution in [0.15, 0.2) is 4.52 Å². The monoisotopic (exact) mass is 283 g/mol. The van der Waals surface area contributed by atoms with Gasteiger partial charge in [0.25, 0.3) is 0 Å². The molecular formula is C13H21N3O4. The molecule has 2 atom stereocenters. The maximum absolute atomic E-state index is 11.2. The van der Waals surface area contributed by atoms with Crippen molar-refractivity contribution in [1.82, 2.24) is 10.1 Å². The second-order valence-electron chi connectivity index (χ2n) is 5.19. The van der Waals surface area contributed by atoms with E-state index in [9.17, 15) is 9.90 Å². The molecule has 0 radical (unpaired) electrons. The van der Waals surface area contributed by atoms with Crippen LogP contribution >= 0.6 is 0 Å². The molecule has 2 N–H and O–H groups in total. The quantitative estimate of drug-likeness (QED) is 0.822. The molecule has 1 aliphatic heterocycles. The Balaban J connectivity index is 2.02. The van der Waals surface area contributed by atoms with Gasteiger partial charge in [-0.1, -0.05) is 25.4 Å². The molecule has 0 amide bonds. The van der Waals surface area contributed by atoms with Crippen molar-refractivity contribution in [3.8, 4) is 0 Å². The van der Waals surface area contributed by atoms with Gasteiger partial charge in [-0.15, -0.1) is 0 Å². The molecule has 20 heavy (non-hydrogen) atoms. The van der Waals surface area contributed by atoms with Crippen LogP contribution < -0.4 is 5.32 Å². The summed E-state index contributed by atoms with van der Waals surface area (Å²) in [6.45, 7) is 5.23. The number of aromatic nitrogens is 2. The molecule has 2 heterocycles. The molecule has 0 bridgehead atoms. The van der Waals surface area contributed by atoms with Crippen molar-refractivity contribution >= 4 is 12.0 Å². The zero-order valence-electron chi connectivity index (χ0n) is 11.8. The van der Waals surface area contributed by atoms with Gasteiger partial charge in [0.15, 0.2) is 5.82 Å². The van der Waals surface area contributed by atoms with E-state index < -0.39 is 12.0 Å². The fraction of sp³-hybridized carbons (Fsp3) is 0.769. The number of nitrogens with zero attached hydrogens (tertiary/aromatic N) is 2. The minimum atomic E-state index is -0.912. The zero-order valence-corrected chi connectivity index (χ0v) is 11.8. The van der Waals surface area contributed by atoms with Gasteiger partial charge in [-0.05, 0) is 18.8 Å². The zero-order chi connectivity index (χ0) is 14.5. The first kappa shape index (κ1) is 14.8. The number of carboxylic acid groups (broad SMARTS) is 1. The van der Waals surface area contributed by atoms with E-state index in [1.807, 2.05) is 13.8 Å². The number of aliphatic carboxylic acids is 1. The normalized spacial score (nSPS) is 19.5. The number of ether oxygens (including phenoxy) is 1. The lowest BCUT2D eigenvalue weighted by molar-refractivity contribution is -0.139. The summed E-state index contributed by atoms with van der Waals surface area (Å²) in [6, 6.07) is -0.540. The fourth-order valence-corrected chi connectivity index (χ4v) is 2.23. The summed E-state index contributed by atoms with van der Waals surface area (Å²) in [5, 5.41) is 16.0. The standard InChI is InChI=1S/C13H21N3O4/c1-3-8(2)10(12(17)18)14-13-15-11(16-20-13)9-4-6-19-7-5-9/h8-10H,3-7H2,1-2H3,(H,17,18)(H,14,15,16)/t8-,10-/m0/s1. The number of carboxylic acids is 1. The van der Waals surface area contributed by atoms with Gasteiger partial charge in [-0.2, -0.15) is 4.98 Å². The van der Waals surface area contributed by atoms with Crippen molar-refractivity contribution in [2.24, 2.45) is 5.92 Å². The maximum atomic E-state index is 11.2. The second kappa shape index (κ2) is 6.69. The highest BCUT2D eigenvalue weighted by molar-refractivity contribution is 5.76. The van der Waals surface area contributed by atoms with Crippen molar-refractivity contribution in [3.05, 3.63) is 5.82 Å². The van der Waals surface area contributed by atoms with Crippen LogP contribution in [0.1, 0.15) is 44.9 Å². The molecule has 1 saturated heterocycles. The Kier molecular flexibility index (Phi) is 4.94. The molecule has 7 nitrogen and oxygen atoms in total. The maximum Gasteiger partial charge on any atom is 0.326 e. The third kappa shape index (κ3) is 3.47. The highest BCUT2D eigenvalue weighted by Crippen LogP contribution is 2.25. The van der Waals surface area contributed by atoms with Crippen LogP contribution in [0.2, 0.25) is 0 Å². The van der Waals surface area contributed by atoms with E-state index in [0.717, 1.165) is 19.3 Å². The minimum absolute atomic E-state index is 0.0223. The smallest absolute Gasteiger partial charge is 0.326 e. The molecule has 0 spiro atoms. The molecule has 2 rings (SSSR count). The summed E-state index contributed by atoms with van der Waals surface area (Å²) in [5.74, 6) is -0.0740. The van der Waals surface area contributed by atoms with Crippen LogP contribution in [0.25, 0.3) is 0 Å². The molecule has 1 aromatic heterocycles. The van der Waals surface area contributed by atoms with Gasteiger partial charge in [-0.3, -0.25) is 0 Å². The van der Waals surface area contributed by atoms with E-state index in [1.165, 1.54) is 0 Å². The molecule has 0 saturated carbocycles. The summed E-state index contributed by atoms with van der Waals surface area (Å²) in [6.07, 6.45) is 2.49. The first-order chi connectivity index (χ1) is 9.61. The highest BCUT2D eigenvalue weighted by Gasteiger charge is 2.27. The first-order valence-electron chi connectivity index (χ1n) is 7.02. The Bertz CT molecular complexity index is 443. The van der Waals surface area contributed by atoms with Crippen LogP contribution in [0.5, 0.6) is 0 Å². The van der Waals surface area contributed by atoms with Crippen molar-refractivity contribution in [1.29, 1.82) is 0 Å². The van der Waals surface area contributed by atoms with Gasteiger partial charge < -0.3 is 19.7 Å². The molecule has 0 aliphatic carbocycles. The van der Waals surface area contributed by atoms with E-state index in [2.05, 4.69) is 15.5 Å². The number of carbonyl (C=O) groups is 1. The predicted octanol–water partition coefficient (Wildman–Crippen LogP) is 1.87. The number of nitrogens with one attached hydrogen (secondary N) is 1. The van der Waals surface area contributed by atoms with Gasteiger partial charge in [0.05, 0.1) is 0 Å². The average molecular weight is 283 g/mol. The molecule has 7 heteroatoms. The van der Waals surface area contributed by atoms with Gasteiger partial charge >= 0.3 is 12.0 Å². The molecular weight excluding hydrogens is 262 g/mol. The van der Waals surface area contributed by atoms with Gasteiger partial charge in [0.1, 0.15) is 6.04 Å². The SMILES string of the molecule is CC[C@H](C)[C@H](Nc1nc(C2CCOCC2)no1)C(=O)O. The Morgan fingerprint density at radius 3 is 2.80 bits per heavy atom. The Labute approximate surface area is 117 Å². The lowest BCUT2D eigenvalue weighted by Crippen LogP contribution is -2.35. The summed E-state index contributed by atoms with van der Waals surface area (Å²) in [7, 11) is 0. The molecule has 1 fully saturated rings. The predicted molar refractivity (Wildman–Crippen MR) is 71.6 cm³/mol. The molecule has 1 aliphatic rings. The van der Waals surface area contributed by atoms with Gasteiger partial charge in [0, 0.05) is 19.1 Å². The second-order valence-corrected chi connectivity index (χ2v) is 5.19. The van der Waals surface area contributed by atoms with Crippen LogP contribution in [0, 0.1) is 5.92 Å². The minimum Gasteiger partial charge on any atom is -0.480 e. The van der Waals surface area contributed by atoms with E-state index in [0.29, 0.717) is 19.0 Å². The summed E-state index contributed by atoms with van der Waals surface area (Å²) >= 11 is 0. The molecule has 0 unspecified atom stereocenters. The Hall–Kier alpha value is -1.63. The summed E-state index contributed by atoms with van der Waals surface area (Å²) < 4.78 is 10.4. The van der Waals surface area contributed by atoms with Crippen LogP contribution in [-0.4, -0.2) is 40.5 Å². The van der Waals surface area contributed by atoms with Crippen molar-refractivity contribution in [3.63, 3.8) is 0 Å². The average Bonchev–Trinajstić information content (AvgIpc) is 2.93. The third-order valence-electron chi connectivity index (χ3n) is 3.79. The highest BCUT2D eigenvalue weighted by atomic mass is 16.5. The fourth-order valence-electron chi connectivity index (χ4n) is 2.23. The number of hydrogen-bond donors (Lipinski definition) is 2. The van der Waals surface area contributed by atoms with Crippen molar-refractivity contribution < 1.29 is 19.2 Å².